The second-order valence-electron chi connectivity index (χ2n) is 6.52. The number of hydrogen-bond acceptors (Lipinski definition) is 3. The van der Waals surface area contributed by atoms with Crippen molar-refractivity contribution >= 4 is 11.9 Å². The van der Waals surface area contributed by atoms with E-state index in [1.54, 1.807) is 12.1 Å². The molecule has 124 valence electrons. The summed E-state index contributed by atoms with van der Waals surface area (Å²) in [6.45, 7) is 1.05. The minimum atomic E-state index is -1.00. The number of aliphatic carboxylic acids is 1. The summed E-state index contributed by atoms with van der Waals surface area (Å²) in [4.78, 5) is 23.8. The van der Waals surface area contributed by atoms with Crippen LogP contribution in [0.1, 0.15) is 53.9 Å². The van der Waals surface area contributed by atoms with Gasteiger partial charge in [0.25, 0.3) is 5.91 Å². The zero-order valence-electron chi connectivity index (χ0n) is 13.2. The first-order chi connectivity index (χ1) is 11.1. The molecule has 1 heterocycles. The van der Waals surface area contributed by atoms with Crippen LogP contribution in [0, 0.1) is 5.92 Å². The quantitative estimate of drug-likeness (QED) is 0.875. The Morgan fingerprint density at radius 1 is 1.13 bits per heavy atom. The SMILES string of the molecule is O=C(N[C@H](C(=O)O)[C@@H]1CCCOC1)c1ccc(C2CCC2)cc1. The molecular weight excluding hydrogens is 294 g/mol. The van der Waals surface area contributed by atoms with Crippen LogP contribution in [0.5, 0.6) is 0 Å². The van der Waals surface area contributed by atoms with E-state index in [4.69, 9.17) is 4.74 Å². The molecule has 5 heteroatoms. The van der Waals surface area contributed by atoms with Gasteiger partial charge in [-0.1, -0.05) is 18.6 Å². The molecule has 0 spiro atoms. The summed E-state index contributed by atoms with van der Waals surface area (Å²) in [5.74, 6) is -0.874. The van der Waals surface area contributed by atoms with E-state index in [1.807, 2.05) is 12.1 Å². The van der Waals surface area contributed by atoms with E-state index in [-0.39, 0.29) is 11.8 Å². The van der Waals surface area contributed by atoms with Crippen LogP contribution in [0.15, 0.2) is 24.3 Å². The molecule has 2 atom stereocenters. The molecule has 23 heavy (non-hydrogen) atoms. The van der Waals surface area contributed by atoms with Gasteiger partial charge in [0.15, 0.2) is 0 Å². The zero-order chi connectivity index (χ0) is 16.2. The fraction of sp³-hybridized carbons (Fsp3) is 0.556. The van der Waals surface area contributed by atoms with E-state index < -0.39 is 12.0 Å². The van der Waals surface area contributed by atoms with Gasteiger partial charge >= 0.3 is 5.97 Å². The van der Waals surface area contributed by atoms with Gasteiger partial charge in [-0.15, -0.1) is 0 Å². The highest BCUT2D eigenvalue weighted by atomic mass is 16.5. The summed E-state index contributed by atoms with van der Waals surface area (Å²) < 4.78 is 5.35. The molecule has 3 rings (SSSR count). The van der Waals surface area contributed by atoms with Crippen molar-refractivity contribution in [2.75, 3.05) is 13.2 Å². The molecule has 2 aliphatic rings. The average molecular weight is 317 g/mol. The maximum atomic E-state index is 12.4. The van der Waals surface area contributed by atoms with Gasteiger partial charge in [0.1, 0.15) is 6.04 Å². The summed E-state index contributed by atoms with van der Waals surface area (Å²) in [5, 5.41) is 12.1. The van der Waals surface area contributed by atoms with Gasteiger partial charge in [-0.2, -0.15) is 0 Å². The smallest absolute Gasteiger partial charge is 0.326 e. The Morgan fingerprint density at radius 2 is 1.87 bits per heavy atom. The third-order valence-corrected chi connectivity index (χ3v) is 4.97. The van der Waals surface area contributed by atoms with Gasteiger partial charge in [0, 0.05) is 18.1 Å². The molecule has 0 radical (unpaired) electrons. The Morgan fingerprint density at radius 3 is 2.39 bits per heavy atom. The Balaban J connectivity index is 1.64. The molecule has 5 nitrogen and oxygen atoms in total. The molecule has 0 aromatic heterocycles. The van der Waals surface area contributed by atoms with Crippen molar-refractivity contribution in [3.8, 4) is 0 Å². The van der Waals surface area contributed by atoms with Gasteiger partial charge in [0.05, 0.1) is 6.61 Å². The summed E-state index contributed by atoms with van der Waals surface area (Å²) in [7, 11) is 0. The van der Waals surface area contributed by atoms with E-state index in [9.17, 15) is 14.7 Å². The first-order valence-electron chi connectivity index (χ1n) is 8.36. The number of carbonyl (C=O) groups is 2. The van der Waals surface area contributed by atoms with Gasteiger partial charge in [-0.05, 0) is 49.3 Å². The summed E-state index contributed by atoms with van der Waals surface area (Å²) in [6.07, 6.45) is 5.30. The number of carboxylic acids is 1. The number of benzene rings is 1. The molecule has 1 aromatic rings. The van der Waals surface area contributed by atoms with Crippen molar-refractivity contribution in [1.82, 2.24) is 5.32 Å². The number of hydrogen-bond donors (Lipinski definition) is 2. The molecule has 0 unspecified atom stereocenters. The molecule has 0 bridgehead atoms. The minimum Gasteiger partial charge on any atom is -0.480 e. The number of amides is 1. The molecule has 1 aliphatic carbocycles. The molecule has 2 fully saturated rings. The van der Waals surface area contributed by atoms with E-state index in [1.165, 1.54) is 24.8 Å². The van der Waals surface area contributed by atoms with Gasteiger partial charge in [0.2, 0.25) is 0 Å². The fourth-order valence-corrected chi connectivity index (χ4v) is 3.28. The highest BCUT2D eigenvalue weighted by Crippen LogP contribution is 2.36. The number of ether oxygens (including phenoxy) is 1. The normalized spacial score (nSPS) is 22.9. The monoisotopic (exact) mass is 317 g/mol. The third kappa shape index (κ3) is 3.72. The van der Waals surface area contributed by atoms with E-state index in [0.29, 0.717) is 24.7 Å². The topological polar surface area (TPSA) is 75.6 Å². The Labute approximate surface area is 136 Å². The summed E-state index contributed by atoms with van der Waals surface area (Å²) in [5.41, 5.74) is 1.78. The van der Waals surface area contributed by atoms with Crippen LogP contribution in [-0.2, 0) is 9.53 Å². The van der Waals surface area contributed by atoms with Crippen molar-refractivity contribution in [2.24, 2.45) is 5.92 Å². The number of rotatable bonds is 5. The van der Waals surface area contributed by atoms with Crippen LogP contribution in [0.3, 0.4) is 0 Å². The van der Waals surface area contributed by atoms with E-state index >= 15 is 0 Å². The van der Waals surface area contributed by atoms with Gasteiger partial charge in [-0.25, -0.2) is 4.79 Å². The van der Waals surface area contributed by atoms with Crippen LogP contribution in [-0.4, -0.2) is 36.2 Å². The number of nitrogens with one attached hydrogen (secondary N) is 1. The lowest BCUT2D eigenvalue weighted by Gasteiger charge is -2.28. The van der Waals surface area contributed by atoms with Gasteiger partial charge in [-0.3, -0.25) is 4.79 Å². The Kier molecular flexibility index (Phi) is 4.96. The van der Waals surface area contributed by atoms with E-state index in [2.05, 4.69) is 5.32 Å². The van der Waals surface area contributed by atoms with Crippen molar-refractivity contribution in [3.63, 3.8) is 0 Å². The first-order valence-corrected chi connectivity index (χ1v) is 8.36. The van der Waals surface area contributed by atoms with Crippen molar-refractivity contribution in [3.05, 3.63) is 35.4 Å². The van der Waals surface area contributed by atoms with Crippen LogP contribution in [0.4, 0.5) is 0 Å². The van der Waals surface area contributed by atoms with E-state index in [0.717, 1.165) is 12.8 Å². The molecule has 2 N–H and O–H groups in total. The standard InChI is InChI=1S/C18H23NO4/c20-17(14-8-6-13(7-9-14)12-3-1-4-12)19-16(18(21)22)15-5-2-10-23-11-15/h6-9,12,15-16H,1-5,10-11H2,(H,19,20)(H,21,22)/t15-,16+/m1/s1. The maximum absolute atomic E-state index is 12.4. The lowest BCUT2D eigenvalue weighted by atomic mass is 9.80. The van der Waals surface area contributed by atoms with Crippen molar-refractivity contribution in [2.45, 2.75) is 44.1 Å². The largest absolute Gasteiger partial charge is 0.480 e. The second-order valence-corrected chi connectivity index (χ2v) is 6.52. The number of carboxylic acid groups (broad SMARTS) is 1. The lowest BCUT2D eigenvalue weighted by Crippen LogP contribution is -2.48. The third-order valence-electron chi connectivity index (χ3n) is 4.97. The second kappa shape index (κ2) is 7.13. The predicted molar refractivity (Wildman–Crippen MR) is 85.5 cm³/mol. The average Bonchev–Trinajstić information content (AvgIpc) is 2.52. The Hall–Kier alpha value is -1.88. The molecule has 1 aromatic carbocycles. The Bertz CT molecular complexity index is 559. The predicted octanol–water partition coefficient (Wildman–Crippen LogP) is 2.56. The summed E-state index contributed by atoms with van der Waals surface area (Å²) in [6, 6.07) is 6.66. The molecule has 1 saturated carbocycles. The highest BCUT2D eigenvalue weighted by Gasteiger charge is 2.31. The lowest BCUT2D eigenvalue weighted by molar-refractivity contribution is -0.142. The fourth-order valence-electron chi connectivity index (χ4n) is 3.28. The number of carbonyl (C=O) groups excluding carboxylic acids is 1. The van der Waals surface area contributed by atoms with Crippen LogP contribution in [0.2, 0.25) is 0 Å². The highest BCUT2D eigenvalue weighted by molar-refractivity contribution is 5.96. The zero-order valence-corrected chi connectivity index (χ0v) is 13.2. The first kappa shape index (κ1) is 16.0. The van der Waals surface area contributed by atoms with Crippen molar-refractivity contribution < 1.29 is 19.4 Å². The summed E-state index contributed by atoms with van der Waals surface area (Å²) >= 11 is 0. The van der Waals surface area contributed by atoms with Crippen LogP contribution < -0.4 is 5.32 Å². The molecular formula is C18H23NO4. The van der Waals surface area contributed by atoms with Crippen molar-refractivity contribution in [1.29, 1.82) is 0 Å². The molecule has 1 saturated heterocycles. The van der Waals surface area contributed by atoms with Gasteiger partial charge < -0.3 is 15.2 Å². The molecule has 1 aliphatic heterocycles. The minimum absolute atomic E-state index is 0.167. The van der Waals surface area contributed by atoms with Crippen LogP contribution >= 0.6 is 0 Å². The van der Waals surface area contributed by atoms with Crippen LogP contribution in [0.25, 0.3) is 0 Å². The maximum Gasteiger partial charge on any atom is 0.326 e. The molecule has 1 amide bonds.